The first-order chi connectivity index (χ1) is 10.5. The molecule has 0 aromatic heterocycles. The molecule has 0 saturated carbocycles. The van der Waals surface area contributed by atoms with E-state index < -0.39 is 46.8 Å². The van der Waals surface area contributed by atoms with Crippen LogP contribution in [-0.2, 0) is 38.1 Å². The van der Waals surface area contributed by atoms with E-state index in [0.717, 1.165) is 27.7 Å². The molecular weight excluding hydrogens is 348 g/mol. The van der Waals surface area contributed by atoms with Crippen LogP contribution in [0.3, 0.4) is 0 Å². The highest BCUT2D eigenvalue weighted by Crippen LogP contribution is 2.22. The molecule has 23 heavy (non-hydrogen) atoms. The number of carbonyl (C=O) groups excluding carboxylic acids is 4. The van der Waals surface area contributed by atoms with E-state index in [9.17, 15) is 19.2 Å². The number of ether oxygens (including phenoxy) is 4. The highest BCUT2D eigenvalue weighted by atomic mass is 32.2. The van der Waals surface area contributed by atoms with Crippen LogP contribution in [0.25, 0.3) is 0 Å². The summed E-state index contributed by atoms with van der Waals surface area (Å²) in [5.74, 6) is -2.71. The topological polar surface area (TPSA) is 105 Å². The van der Waals surface area contributed by atoms with Gasteiger partial charge < -0.3 is 18.9 Å². The lowest BCUT2D eigenvalue weighted by atomic mass is 10.1. The molecule has 0 heterocycles. The van der Waals surface area contributed by atoms with Gasteiger partial charge in [-0.2, -0.15) is 25.3 Å². The van der Waals surface area contributed by atoms with E-state index in [0.29, 0.717) is 0 Å². The molecule has 0 radical (unpaired) electrons. The molecule has 0 aliphatic rings. The van der Waals surface area contributed by atoms with Crippen LogP contribution in [0.2, 0.25) is 0 Å². The van der Waals surface area contributed by atoms with Gasteiger partial charge in [0.15, 0.2) is 18.3 Å². The molecule has 0 aliphatic carbocycles. The monoisotopic (exact) mass is 368 g/mol. The standard InChI is InChI=1S/C13H20O8S2/c1-6(14)18-5-10(19-7(2)15)11(20-8(3)16)12(13(22)23)21-9(4)17/h10-13,22-23H,5H2,1-4H3. The predicted octanol–water partition coefficient (Wildman–Crippen LogP) is 0.530. The molecule has 0 saturated heterocycles. The smallest absolute Gasteiger partial charge is 0.303 e. The second-order valence-corrected chi connectivity index (χ2v) is 6.03. The normalized spacial score (nSPS) is 14.4. The first-order valence-electron chi connectivity index (χ1n) is 6.55. The fourth-order valence-corrected chi connectivity index (χ4v) is 2.10. The number of hydrogen-bond acceptors (Lipinski definition) is 10. The van der Waals surface area contributed by atoms with Crippen LogP contribution >= 0.6 is 25.3 Å². The van der Waals surface area contributed by atoms with Gasteiger partial charge in [0.05, 0.1) is 4.58 Å². The Morgan fingerprint density at radius 2 is 1.17 bits per heavy atom. The van der Waals surface area contributed by atoms with Gasteiger partial charge >= 0.3 is 23.9 Å². The maximum absolute atomic E-state index is 11.3. The van der Waals surface area contributed by atoms with Gasteiger partial charge in [0.2, 0.25) is 0 Å². The van der Waals surface area contributed by atoms with Crippen LogP contribution in [0.5, 0.6) is 0 Å². The molecule has 0 aromatic carbocycles. The second-order valence-electron chi connectivity index (χ2n) is 4.51. The Kier molecular flexibility index (Phi) is 9.73. The van der Waals surface area contributed by atoms with Crippen LogP contribution < -0.4 is 0 Å². The summed E-state index contributed by atoms with van der Waals surface area (Å²) in [6.07, 6.45) is -3.57. The zero-order chi connectivity index (χ0) is 18.2. The molecule has 0 spiro atoms. The van der Waals surface area contributed by atoms with Gasteiger partial charge in [-0.25, -0.2) is 0 Å². The minimum absolute atomic E-state index is 0.390. The Labute approximate surface area is 145 Å². The zero-order valence-corrected chi connectivity index (χ0v) is 15.0. The summed E-state index contributed by atoms with van der Waals surface area (Å²) in [4.78, 5) is 44.8. The molecule has 8 nitrogen and oxygen atoms in total. The molecule has 0 aromatic rings. The van der Waals surface area contributed by atoms with E-state index in [2.05, 4.69) is 25.3 Å². The minimum Gasteiger partial charge on any atom is -0.462 e. The van der Waals surface area contributed by atoms with Gasteiger partial charge in [-0.3, -0.25) is 19.2 Å². The molecule has 0 fully saturated rings. The van der Waals surface area contributed by atoms with Gasteiger partial charge in [-0.1, -0.05) is 0 Å². The van der Waals surface area contributed by atoms with Crippen molar-refractivity contribution in [3.05, 3.63) is 0 Å². The number of thiol groups is 2. The van der Waals surface area contributed by atoms with Crippen LogP contribution in [0.15, 0.2) is 0 Å². The zero-order valence-electron chi connectivity index (χ0n) is 13.2. The van der Waals surface area contributed by atoms with E-state index in [1.165, 1.54) is 0 Å². The fraction of sp³-hybridized carbons (Fsp3) is 0.692. The first-order valence-corrected chi connectivity index (χ1v) is 7.59. The van der Waals surface area contributed by atoms with E-state index in [-0.39, 0.29) is 6.61 Å². The molecule has 132 valence electrons. The third-order valence-electron chi connectivity index (χ3n) is 2.36. The van der Waals surface area contributed by atoms with Crippen LogP contribution in [-0.4, -0.2) is 53.4 Å². The predicted molar refractivity (Wildman–Crippen MR) is 85.1 cm³/mol. The van der Waals surface area contributed by atoms with Crippen LogP contribution in [0.4, 0.5) is 0 Å². The third-order valence-corrected chi connectivity index (χ3v) is 2.94. The molecule has 0 amide bonds. The molecule has 10 heteroatoms. The minimum atomic E-state index is -1.25. The Hall–Kier alpha value is -1.42. The van der Waals surface area contributed by atoms with Crippen molar-refractivity contribution < 1.29 is 38.1 Å². The van der Waals surface area contributed by atoms with Crippen molar-refractivity contribution in [3.8, 4) is 0 Å². The number of rotatable bonds is 8. The van der Waals surface area contributed by atoms with Gasteiger partial charge in [-0.05, 0) is 0 Å². The molecular formula is C13H20O8S2. The van der Waals surface area contributed by atoms with Gasteiger partial charge in [0.25, 0.3) is 0 Å². The third kappa shape index (κ3) is 9.34. The lowest BCUT2D eigenvalue weighted by Crippen LogP contribution is -2.49. The van der Waals surface area contributed by atoms with Crippen LogP contribution in [0.1, 0.15) is 27.7 Å². The Morgan fingerprint density at radius 1 is 0.739 bits per heavy atom. The average molecular weight is 368 g/mol. The van der Waals surface area contributed by atoms with Crippen molar-refractivity contribution in [1.29, 1.82) is 0 Å². The fourth-order valence-electron chi connectivity index (χ4n) is 1.64. The Balaban J connectivity index is 5.51. The molecule has 3 atom stereocenters. The van der Waals surface area contributed by atoms with E-state index in [4.69, 9.17) is 18.9 Å². The van der Waals surface area contributed by atoms with Gasteiger partial charge in [0.1, 0.15) is 6.61 Å². The second kappa shape index (κ2) is 10.4. The summed E-state index contributed by atoms with van der Waals surface area (Å²) in [5.41, 5.74) is 0. The summed E-state index contributed by atoms with van der Waals surface area (Å²) in [7, 11) is 0. The highest BCUT2D eigenvalue weighted by Gasteiger charge is 2.40. The SMILES string of the molecule is CC(=O)OCC(OC(C)=O)C(OC(C)=O)C(OC(C)=O)C(S)S. The summed E-state index contributed by atoms with van der Waals surface area (Å²) >= 11 is 8.14. The quantitative estimate of drug-likeness (QED) is 0.277. The molecule has 0 rings (SSSR count). The summed E-state index contributed by atoms with van der Waals surface area (Å²) in [6.45, 7) is 4.18. The maximum atomic E-state index is 11.3. The number of esters is 4. The highest BCUT2D eigenvalue weighted by molar-refractivity contribution is 7.99. The molecule has 3 unspecified atom stereocenters. The maximum Gasteiger partial charge on any atom is 0.303 e. The lowest BCUT2D eigenvalue weighted by Gasteiger charge is -2.32. The van der Waals surface area contributed by atoms with E-state index in [1.807, 2.05) is 0 Å². The summed E-state index contributed by atoms with van der Waals surface area (Å²) < 4.78 is 19.1. The Morgan fingerprint density at radius 3 is 1.52 bits per heavy atom. The number of carbonyl (C=O) groups is 4. The summed E-state index contributed by atoms with van der Waals surface area (Å²) in [5, 5.41) is 0. The Bertz CT molecular complexity index is 451. The van der Waals surface area contributed by atoms with Crippen molar-refractivity contribution in [2.75, 3.05) is 6.61 Å². The first kappa shape index (κ1) is 21.6. The van der Waals surface area contributed by atoms with Crippen molar-refractivity contribution >= 4 is 49.1 Å². The van der Waals surface area contributed by atoms with Crippen molar-refractivity contribution in [1.82, 2.24) is 0 Å². The average Bonchev–Trinajstić information content (AvgIpc) is 2.37. The van der Waals surface area contributed by atoms with E-state index >= 15 is 0 Å². The van der Waals surface area contributed by atoms with Crippen LogP contribution in [0, 0.1) is 0 Å². The van der Waals surface area contributed by atoms with Gasteiger partial charge in [0, 0.05) is 27.7 Å². The molecule has 0 bridgehead atoms. The lowest BCUT2D eigenvalue weighted by molar-refractivity contribution is -0.187. The van der Waals surface area contributed by atoms with Gasteiger partial charge in [-0.15, -0.1) is 0 Å². The summed E-state index contributed by atoms with van der Waals surface area (Å²) in [6, 6.07) is 0. The number of hydrogen-bond donors (Lipinski definition) is 2. The van der Waals surface area contributed by atoms with Crippen molar-refractivity contribution in [2.45, 2.75) is 50.6 Å². The molecule has 0 N–H and O–H groups in total. The largest absolute Gasteiger partial charge is 0.462 e. The van der Waals surface area contributed by atoms with E-state index in [1.54, 1.807) is 0 Å². The van der Waals surface area contributed by atoms with Crippen molar-refractivity contribution in [3.63, 3.8) is 0 Å². The van der Waals surface area contributed by atoms with Crippen molar-refractivity contribution in [2.24, 2.45) is 0 Å². The molecule has 0 aliphatic heterocycles.